The minimum atomic E-state index is -1.03. The normalized spacial score (nSPS) is 11.6. The second-order valence-corrected chi connectivity index (χ2v) is 4.14. The predicted molar refractivity (Wildman–Crippen MR) is 69.2 cm³/mol. The number of amides is 2. The number of rotatable bonds is 7. The number of nitrogens with one attached hydrogen (secondary N) is 1. The first-order chi connectivity index (χ1) is 9.06. The summed E-state index contributed by atoms with van der Waals surface area (Å²) in [6.07, 6.45) is 4.90. The van der Waals surface area contributed by atoms with E-state index < -0.39 is 23.6 Å². The zero-order chi connectivity index (χ0) is 14.3. The van der Waals surface area contributed by atoms with Crippen LogP contribution in [-0.2, 0) is 9.59 Å². The third-order valence-electron chi connectivity index (χ3n) is 2.63. The predicted octanol–water partition coefficient (Wildman–Crippen LogP) is 0.425. The molecule has 1 atom stereocenters. The number of carbonyl (C=O) groups excluding carboxylic acids is 3. The van der Waals surface area contributed by atoms with Crippen LogP contribution in [0.15, 0.2) is 24.5 Å². The van der Waals surface area contributed by atoms with Crippen molar-refractivity contribution in [3.8, 4) is 0 Å². The van der Waals surface area contributed by atoms with E-state index in [2.05, 4.69) is 10.3 Å². The second-order valence-electron chi connectivity index (χ2n) is 4.14. The van der Waals surface area contributed by atoms with Crippen LogP contribution in [0.5, 0.6) is 0 Å². The monoisotopic (exact) mass is 263 g/mol. The fraction of sp³-hybridized carbons (Fsp3) is 0.385. The molecule has 0 saturated carbocycles. The molecule has 3 N–H and O–H groups in total. The van der Waals surface area contributed by atoms with Crippen molar-refractivity contribution in [1.29, 1.82) is 0 Å². The Bertz CT molecular complexity index is 459. The highest BCUT2D eigenvalue weighted by Crippen LogP contribution is 2.04. The Hall–Kier alpha value is -2.24. The fourth-order valence-corrected chi connectivity index (χ4v) is 1.59. The van der Waals surface area contributed by atoms with E-state index in [1.807, 2.05) is 6.92 Å². The van der Waals surface area contributed by atoms with Gasteiger partial charge in [-0.1, -0.05) is 19.8 Å². The molecule has 0 fully saturated rings. The van der Waals surface area contributed by atoms with Crippen LogP contribution in [0.2, 0.25) is 0 Å². The van der Waals surface area contributed by atoms with Crippen molar-refractivity contribution in [2.24, 2.45) is 5.73 Å². The van der Waals surface area contributed by atoms with E-state index >= 15 is 0 Å². The van der Waals surface area contributed by atoms with Crippen LogP contribution >= 0.6 is 0 Å². The first-order valence-electron chi connectivity index (χ1n) is 6.10. The molecule has 1 aromatic heterocycles. The maximum Gasteiger partial charge on any atom is 0.287 e. The molecule has 102 valence electrons. The van der Waals surface area contributed by atoms with E-state index in [-0.39, 0.29) is 0 Å². The lowest BCUT2D eigenvalue weighted by molar-refractivity contribution is -0.137. The topological polar surface area (TPSA) is 102 Å². The number of ketones is 1. The average Bonchev–Trinajstić information content (AvgIpc) is 2.43. The van der Waals surface area contributed by atoms with Crippen molar-refractivity contribution < 1.29 is 14.4 Å². The molecule has 0 aliphatic heterocycles. The van der Waals surface area contributed by atoms with Gasteiger partial charge in [-0.15, -0.1) is 0 Å². The van der Waals surface area contributed by atoms with Crippen LogP contribution in [0, 0.1) is 0 Å². The molecule has 0 aliphatic carbocycles. The van der Waals surface area contributed by atoms with E-state index in [4.69, 9.17) is 5.73 Å². The molecule has 0 bridgehead atoms. The van der Waals surface area contributed by atoms with Gasteiger partial charge >= 0.3 is 0 Å². The van der Waals surface area contributed by atoms with Gasteiger partial charge in [-0.25, -0.2) is 0 Å². The van der Waals surface area contributed by atoms with Gasteiger partial charge in [0.1, 0.15) is 0 Å². The lowest BCUT2D eigenvalue weighted by Gasteiger charge is -2.15. The SMILES string of the molecule is CCCCC(NC(=O)c1cccnc1)C(=O)C(N)=O. The summed E-state index contributed by atoms with van der Waals surface area (Å²) in [6.45, 7) is 1.95. The molecule has 6 nitrogen and oxygen atoms in total. The minimum Gasteiger partial charge on any atom is -0.363 e. The zero-order valence-corrected chi connectivity index (χ0v) is 10.8. The first kappa shape index (κ1) is 14.8. The molecule has 2 amide bonds. The van der Waals surface area contributed by atoms with Crippen LogP contribution in [-0.4, -0.2) is 28.6 Å². The van der Waals surface area contributed by atoms with Crippen LogP contribution in [0.4, 0.5) is 0 Å². The molecule has 0 aromatic carbocycles. The summed E-state index contributed by atoms with van der Waals surface area (Å²) in [5.74, 6) is -2.25. The molecule has 0 saturated heterocycles. The maximum atomic E-state index is 11.9. The van der Waals surface area contributed by atoms with Gasteiger partial charge in [-0.05, 0) is 18.6 Å². The quantitative estimate of drug-likeness (QED) is 0.696. The van der Waals surface area contributed by atoms with Crippen molar-refractivity contribution in [3.05, 3.63) is 30.1 Å². The smallest absolute Gasteiger partial charge is 0.287 e. The summed E-state index contributed by atoms with van der Waals surface area (Å²) in [5, 5.41) is 2.52. The van der Waals surface area contributed by atoms with Gasteiger partial charge in [-0.3, -0.25) is 19.4 Å². The first-order valence-corrected chi connectivity index (χ1v) is 6.10. The zero-order valence-electron chi connectivity index (χ0n) is 10.8. The molecule has 1 rings (SSSR count). The molecule has 0 spiro atoms. The van der Waals surface area contributed by atoms with Crippen molar-refractivity contribution >= 4 is 17.6 Å². The van der Waals surface area contributed by atoms with E-state index in [0.717, 1.165) is 12.8 Å². The highest BCUT2D eigenvalue weighted by molar-refractivity contribution is 6.37. The van der Waals surface area contributed by atoms with E-state index in [9.17, 15) is 14.4 Å². The van der Waals surface area contributed by atoms with Crippen LogP contribution < -0.4 is 11.1 Å². The summed E-state index contributed by atoms with van der Waals surface area (Å²) in [4.78, 5) is 38.2. The van der Waals surface area contributed by atoms with Crippen molar-refractivity contribution in [2.45, 2.75) is 32.2 Å². The van der Waals surface area contributed by atoms with Gasteiger partial charge in [-0.2, -0.15) is 0 Å². The van der Waals surface area contributed by atoms with E-state index in [1.165, 1.54) is 6.20 Å². The molecule has 0 aliphatic rings. The summed E-state index contributed by atoms with van der Waals surface area (Å²) >= 11 is 0. The molecule has 19 heavy (non-hydrogen) atoms. The summed E-state index contributed by atoms with van der Waals surface area (Å²) in [5.41, 5.74) is 5.31. The number of unbranched alkanes of at least 4 members (excludes halogenated alkanes) is 1. The fourth-order valence-electron chi connectivity index (χ4n) is 1.59. The largest absolute Gasteiger partial charge is 0.363 e. The Balaban J connectivity index is 2.74. The summed E-state index contributed by atoms with van der Waals surface area (Å²) in [7, 11) is 0. The molecule has 0 radical (unpaired) electrons. The van der Waals surface area contributed by atoms with Crippen LogP contribution in [0.25, 0.3) is 0 Å². The van der Waals surface area contributed by atoms with Gasteiger partial charge in [0.15, 0.2) is 0 Å². The molecular weight excluding hydrogens is 246 g/mol. The Morgan fingerprint density at radius 1 is 1.42 bits per heavy atom. The molecule has 1 unspecified atom stereocenters. The van der Waals surface area contributed by atoms with Crippen LogP contribution in [0.3, 0.4) is 0 Å². The number of carbonyl (C=O) groups is 3. The second kappa shape index (κ2) is 7.25. The van der Waals surface area contributed by atoms with Crippen LogP contribution in [0.1, 0.15) is 36.5 Å². The highest BCUT2D eigenvalue weighted by Gasteiger charge is 2.24. The van der Waals surface area contributed by atoms with Crippen molar-refractivity contribution in [3.63, 3.8) is 0 Å². The molecule has 6 heteroatoms. The Morgan fingerprint density at radius 2 is 2.16 bits per heavy atom. The number of nitrogens with zero attached hydrogens (tertiary/aromatic N) is 1. The number of aromatic nitrogens is 1. The Morgan fingerprint density at radius 3 is 2.68 bits per heavy atom. The standard InChI is InChI=1S/C13H17N3O3/c1-2-3-6-10(11(17)12(14)18)16-13(19)9-5-4-7-15-8-9/h4-5,7-8,10H,2-3,6H2,1H3,(H2,14,18)(H,16,19). The Kier molecular flexibility index (Phi) is 5.66. The molecule has 1 heterocycles. The van der Waals surface area contributed by atoms with Gasteiger partial charge < -0.3 is 11.1 Å². The number of hydrogen-bond donors (Lipinski definition) is 2. The lowest BCUT2D eigenvalue weighted by atomic mass is 10.0. The third kappa shape index (κ3) is 4.50. The lowest BCUT2D eigenvalue weighted by Crippen LogP contribution is -2.46. The summed E-state index contributed by atoms with van der Waals surface area (Å²) in [6, 6.07) is 2.32. The van der Waals surface area contributed by atoms with Gasteiger partial charge in [0, 0.05) is 12.4 Å². The highest BCUT2D eigenvalue weighted by atomic mass is 16.2. The molecular formula is C13H17N3O3. The van der Waals surface area contributed by atoms with Crippen molar-refractivity contribution in [2.75, 3.05) is 0 Å². The minimum absolute atomic E-state index is 0.335. The average molecular weight is 263 g/mol. The molecule has 1 aromatic rings. The third-order valence-corrected chi connectivity index (χ3v) is 2.63. The van der Waals surface area contributed by atoms with Gasteiger partial charge in [0.2, 0.25) is 5.78 Å². The van der Waals surface area contributed by atoms with Crippen molar-refractivity contribution in [1.82, 2.24) is 10.3 Å². The number of nitrogens with two attached hydrogens (primary N) is 1. The van der Waals surface area contributed by atoms with E-state index in [1.54, 1.807) is 18.3 Å². The summed E-state index contributed by atoms with van der Waals surface area (Å²) < 4.78 is 0. The van der Waals surface area contributed by atoms with Gasteiger partial charge in [0.25, 0.3) is 11.8 Å². The maximum absolute atomic E-state index is 11.9. The van der Waals surface area contributed by atoms with Gasteiger partial charge in [0.05, 0.1) is 11.6 Å². The Labute approximate surface area is 111 Å². The van der Waals surface area contributed by atoms with E-state index in [0.29, 0.717) is 12.0 Å². The number of primary amides is 1. The number of hydrogen-bond acceptors (Lipinski definition) is 4. The number of pyridine rings is 1. The number of Topliss-reactive ketones (excluding diaryl/α,β-unsaturated/α-hetero) is 1.